The molecule has 0 bridgehead atoms. The second-order valence-electron chi connectivity index (χ2n) is 15.0. The average molecular weight is 737 g/mol. The quantitative estimate of drug-likeness (QED) is 0.169. The number of hydrogen-bond acceptors (Lipinski definition) is 4. The van der Waals surface area contributed by atoms with Gasteiger partial charge in [0.2, 0.25) is 0 Å². The van der Waals surface area contributed by atoms with Gasteiger partial charge < -0.3 is 0 Å². The first-order valence-corrected chi connectivity index (χ1v) is 19.6. The van der Waals surface area contributed by atoms with Crippen molar-refractivity contribution in [2.45, 2.75) is 0 Å². The summed E-state index contributed by atoms with van der Waals surface area (Å²) < 4.78 is 0. The summed E-state index contributed by atoms with van der Waals surface area (Å²) in [6.07, 6.45) is 0. The van der Waals surface area contributed by atoms with Crippen LogP contribution in [0.2, 0.25) is 0 Å². The summed E-state index contributed by atoms with van der Waals surface area (Å²) in [5.74, 6) is 1.42. The maximum Gasteiger partial charge on any atom is 0.161 e. The Bertz CT molecular complexity index is 3650. The predicted octanol–water partition coefficient (Wildman–Crippen LogP) is 14.0. The Morgan fingerprint density at radius 1 is 0.241 bits per heavy atom. The van der Waals surface area contributed by atoms with Gasteiger partial charge in [0, 0.05) is 33.0 Å². The molecule has 0 saturated heterocycles. The van der Waals surface area contributed by atoms with Gasteiger partial charge in [-0.05, 0) is 90.3 Å². The van der Waals surface area contributed by atoms with E-state index in [1.54, 1.807) is 0 Å². The number of para-hydroxylation sites is 2. The van der Waals surface area contributed by atoms with Crippen LogP contribution in [0.15, 0.2) is 194 Å². The third-order valence-electron chi connectivity index (χ3n) is 11.6. The minimum Gasteiger partial charge on any atom is -0.228 e. The van der Waals surface area contributed by atoms with Crippen molar-refractivity contribution in [1.82, 2.24) is 19.9 Å². The van der Waals surface area contributed by atoms with Crippen LogP contribution in [0.4, 0.5) is 0 Å². The molecule has 12 aromatic rings. The topological polar surface area (TPSA) is 51.6 Å². The van der Waals surface area contributed by atoms with Gasteiger partial charge in [-0.1, -0.05) is 158 Å². The number of rotatable bonds is 4. The van der Waals surface area contributed by atoms with E-state index in [-0.39, 0.29) is 0 Å². The van der Waals surface area contributed by atoms with Crippen molar-refractivity contribution < 1.29 is 0 Å². The summed E-state index contributed by atoms with van der Waals surface area (Å²) in [7, 11) is 0. The van der Waals surface area contributed by atoms with E-state index in [1.165, 1.54) is 37.7 Å². The zero-order valence-electron chi connectivity index (χ0n) is 31.3. The fourth-order valence-corrected chi connectivity index (χ4v) is 8.85. The molecule has 0 aliphatic carbocycles. The van der Waals surface area contributed by atoms with Crippen molar-refractivity contribution in [3.63, 3.8) is 0 Å². The molecule has 58 heavy (non-hydrogen) atoms. The minimum atomic E-state index is 0.700. The molecule has 0 aliphatic heterocycles. The Labute approximate surface area is 333 Å². The minimum absolute atomic E-state index is 0.700. The van der Waals surface area contributed by atoms with Crippen LogP contribution in [0.3, 0.4) is 0 Å². The summed E-state index contributed by atoms with van der Waals surface area (Å²) in [4.78, 5) is 21.0. The van der Waals surface area contributed by atoms with Crippen LogP contribution in [0.25, 0.3) is 121 Å². The lowest BCUT2D eigenvalue weighted by Crippen LogP contribution is -1.97. The van der Waals surface area contributed by atoms with E-state index in [1.807, 2.05) is 12.1 Å². The molecule has 4 nitrogen and oxygen atoms in total. The molecule has 0 spiro atoms. The highest BCUT2D eigenvalue weighted by atomic mass is 14.9. The van der Waals surface area contributed by atoms with Gasteiger partial charge in [-0.25, -0.2) is 19.9 Å². The van der Waals surface area contributed by atoms with Gasteiger partial charge in [-0.2, -0.15) is 0 Å². The molecule has 4 heteroatoms. The van der Waals surface area contributed by atoms with E-state index in [2.05, 4.69) is 182 Å². The molecule has 0 radical (unpaired) electrons. The molecule has 268 valence electrons. The van der Waals surface area contributed by atoms with Crippen molar-refractivity contribution in [1.29, 1.82) is 0 Å². The molecule has 12 rings (SSSR count). The van der Waals surface area contributed by atoms with Crippen LogP contribution < -0.4 is 0 Å². The van der Waals surface area contributed by atoms with Crippen LogP contribution in [0.1, 0.15) is 0 Å². The van der Waals surface area contributed by atoms with E-state index in [0.717, 1.165) is 77.4 Å². The van der Waals surface area contributed by atoms with Gasteiger partial charge in [0.25, 0.3) is 0 Å². The monoisotopic (exact) mass is 736 g/mol. The fourth-order valence-electron chi connectivity index (χ4n) is 8.85. The SMILES string of the molecule is c1ccc2c(c1)cc(-c1nc(-c3ccc4cc(-c5nc(-c6cc7ccccc7c7ccccc67)c6ccccc6n5)ccc4c3)c3ccccc3n1)c1ccccc12. The first-order chi connectivity index (χ1) is 28.7. The largest absolute Gasteiger partial charge is 0.228 e. The maximum absolute atomic E-state index is 5.36. The van der Waals surface area contributed by atoms with Crippen molar-refractivity contribution in [3.8, 4) is 45.3 Å². The molecule has 0 amide bonds. The number of hydrogen-bond donors (Lipinski definition) is 0. The Morgan fingerprint density at radius 3 is 1.31 bits per heavy atom. The normalized spacial score (nSPS) is 11.8. The van der Waals surface area contributed by atoms with E-state index >= 15 is 0 Å². The standard InChI is InChI=1S/C54H32N4/c1-3-15-39-35(13-1)31-47(43-19-7-5-17-41(39)43)52-46-22-10-12-24-50(46)55-53(58-52)38-28-26-33-29-37(27-25-34(33)30-38)51-45-21-9-11-23-49(45)56-54(57-51)48-32-36-14-2-4-16-40(36)42-18-6-8-20-44(42)48/h1-32H. The van der Waals surface area contributed by atoms with Gasteiger partial charge in [-0.15, -0.1) is 0 Å². The lowest BCUT2D eigenvalue weighted by molar-refractivity contribution is 1.23. The molecule has 0 fully saturated rings. The molecule has 0 unspecified atom stereocenters. The summed E-state index contributed by atoms with van der Waals surface area (Å²) in [5, 5.41) is 13.8. The van der Waals surface area contributed by atoms with Crippen molar-refractivity contribution in [3.05, 3.63) is 194 Å². The lowest BCUT2D eigenvalue weighted by Gasteiger charge is -2.14. The molecule has 2 heterocycles. The summed E-state index contributed by atoms with van der Waals surface area (Å²) in [5.41, 5.74) is 7.82. The highest BCUT2D eigenvalue weighted by molar-refractivity contribution is 6.16. The molecule has 2 aromatic heterocycles. The highest BCUT2D eigenvalue weighted by Gasteiger charge is 2.18. The first-order valence-electron chi connectivity index (χ1n) is 19.6. The third-order valence-corrected chi connectivity index (χ3v) is 11.6. The van der Waals surface area contributed by atoms with Crippen LogP contribution in [0.5, 0.6) is 0 Å². The van der Waals surface area contributed by atoms with Crippen molar-refractivity contribution in [2.24, 2.45) is 0 Å². The van der Waals surface area contributed by atoms with Gasteiger partial charge in [0.05, 0.1) is 22.4 Å². The van der Waals surface area contributed by atoms with Gasteiger partial charge in [-0.3, -0.25) is 0 Å². The molecule has 0 saturated carbocycles. The van der Waals surface area contributed by atoms with E-state index in [4.69, 9.17) is 19.9 Å². The van der Waals surface area contributed by atoms with E-state index in [9.17, 15) is 0 Å². The zero-order chi connectivity index (χ0) is 38.2. The summed E-state index contributed by atoms with van der Waals surface area (Å²) in [6.45, 7) is 0. The van der Waals surface area contributed by atoms with Crippen LogP contribution in [-0.4, -0.2) is 19.9 Å². The molecule has 10 aromatic carbocycles. The molecule has 0 atom stereocenters. The number of fused-ring (bicyclic) bond motifs is 9. The zero-order valence-corrected chi connectivity index (χ0v) is 31.3. The van der Waals surface area contributed by atoms with Gasteiger partial charge in [0.1, 0.15) is 0 Å². The van der Waals surface area contributed by atoms with Crippen LogP contribution >= 0.6 is 0 Å². The number of benzene rings is 10. The molecule has 0 aliphatic rings. The Kier molecular flexibility index (Phi) is 7.20. The Balaban J connectivity index is 1.00. The smallest absolute Gasteiger partial charge is 0.161 e. The maximum atomic E-state index is 5.36. The van der Waals surface area contributed by atoms with Crippen molar-refractivity contribution >= 4 is 75.7 Å². The predicted molar refractivity (Wildman–Crippen MR) is 242 cm³/mol. The fraction of sp³-hybridized carbons (Fsp3) is 0. The highest BCUT2D eigenvalue weighted by Crippen LogP contribution is 2.40. The van der Waals surface area contributed by atoms with Gasteiger partial charge in [0.15, 0.2) is 11.6 Å². The lowest BCUT2D eigenvalue weighted by atomic mass is 9.94. The second kappa shape index (κ2) is 12.9. The van der Waals surface area contributed by atoms with Crippen LogP contribution in [-0.2, 0) is 0 Å². The van der Waals surface area contributed by atoms with Crippen LogP contribution in [0, 0.1) is 0 Å². The second-order valence-corrected chi connectivity index (χ2v) is 15.0. The Hall–Kier alpha value is -7.82. The summed E-state index contributed by atoms with van der Waals surface area (Å²) in [6, 6.07) is 68.6. The molecule has 0 N–H and O–H groups in total. The van der Waals surface area contributed by atoms with E-state index < -0.39 is 0 Å². The number of aromatic nitrogens is 4. The number of nitrogens with zero attached hydrogens (tertiary/aromatic N) is 4. The average Bonchev–Trinajstić information content (AvgIpc) is 3.30. The molecular formula is C54H32N4. The van der Waals surface area contributed by atoms with E-state index in [0.29, 0.717) is 5.82 Å². The van der Waals surface area contributed by atoms with Gasteiger partial charge >= 0.3 is 0 Å². The third kappa shape index (κ3) is 5.16. The summed E-state index contributed by atoms with van der Waals surface area (Å²) >= 11 is 0. The first kappa shape index (κ1) is 32.4. The molecular weight excluding hydrogens is 705 g/mol. The van der Waals surface area contributed by atoms with Crippen molar-refractivity contribution in [2.75, 3.05) is 0 Å². The Morgan fingerprint density at radius 2 is 0.672 bits per heavy atom.